The van der Waals surface area contributed by atoms with Gasteiger partial charge in [0, 0.05) is 24.2 Å². The molecule has 0 radical (unpaired) electrons. The van der Waals surface area contributed by atoms with Crippen LogP contribution in [-0.4, -0.2) is 31.3 Å². The van der Waals surface area contributed by atoms with Crippen LogP contribution < -0.4 is 10.3 Å². The molecule has 29 heavy (non-hydrogen) atoms. The van der Waals surface area contributed by atoms with Crippen LogP contribution in [0.1, 0.15) is 5.69 Å². The van der Waals surface area contributed by atoms with E-state index in [2.05, 4.69) is 15.1 Å². The fourth-order valence-corrected chi connectivity index (χ4v) is 3.55. The third-order valence-electron chi connectivity index (χ3n) is 4.96. The van der Waals surface area contributed by atoms with Gasteiger partial charge in [-0.3, -0.25) is 9.36 Å². The number of pyridine rings is 2. The van der Waals surface area contributed by atoms with E-state index in [1.54, 1.807) is 36.3 Å². The Bertz CT molecular complexity index is 1400. The SMILES string of the molecule is COc1ccc(-c2c(C)nn3c2ncc2c(=O)n(-c4ccccn4)ccc23)cc1. The summed E-state index contributed by atoms with van der Waals surface area (Å²) in [6.45, 7) is 1.94. The van der Waals surface area contributed by atoms with Crippen LogP contribution in [-0.2, 0) is 0 Å². The van der Waals surface area contributed by atoms with Gasteiger partial charge in [-0.1, -0.05) is 18.2 Å². The molecule has 7 nitrogen and oxygen atoms in total. The van der Waals surface area contributed by atoms with Crippen molar-refractivity contribution in [3.8, 4) is 22.7 Å². The lowest BCUT2D eigenvalue weighted by atomic mass is 10.1. The van der Waals surface area contributed by atoms with Crippen molar-refractivity contribution in [1.29, 1.82) is 0 Å². The summed E-state index contributed by atoms with van der Waals surface area (Å²) in [4.78, 5) is 21.9. The van der Waals surface area contributed by atoms with Gasteiger partial charge < -0.3 is 4.74 Å². The third kappa shape index (κ3) is 2.67. The molecule has 5 rings (SSSR count). The summed E-state index contributed by atoms with van der Waals surface area (Å²) in [7, 11) is 1.64. The molecule has 142 valence electrons. The number of aromatic nitrogens is 5. The fraction of sp³-hybridized carbons (Fsp3) is 0.0909. The number of fused-ring (bicyclic) bond motifs is 3. The molecule has 5 aromatic rings. The first-order chi connectivity index (χ1) is 14.2. The van der Waals surface area contributed by atoms with E-state index in [0.717, 1.165) is 22.6 Å². The standard InChI is InChI=1S/C22H17N5O2/c1-14-20(15-6-8-16(29-2)9-7-15)21-24-13-17-18(27(21)25-14)10-12-26(22(17)28)19-5-3-4-11-23-19/h3-13H,1-2H3. The zero-order valence-electron chi connectivity index (χ0n) is 15.9. The molecule has 1 aromatic carbocycles. The highest BCUT2D eigenvalue weighted by Gasteiger charge is 2.16. The summed E-state index contributed by atoms with van der Waals surface area (Å²) in [5, 5.41) is 5.14. The van der Waals surface area contributed by atoms with Crippen LogP contribution in [0.15, 0.2) is 71.9 Å². The molecule has 4 heterocycles. The molecule has 0 saturated heterocycles. The van der Waals surface area contributed by atoms with Crippen LogP contribution in [0.4, 0.5) is 0 Å². The summed E-state index contributed by atoms with van der Waals surface area (Å²) in [6, 6.07) is 15.1. The molecule has 0 N–H and O–H groups in total. The van der Waals surface area contributed by atoms with Gasteiger partial charge in [-0.15, -0.1) is 0 Å². The molecular formula is C22H17N5O2. The fourth-order valence-electron chi connectivity index (χ4n) is 3.55. The van der Waals surface area contributed by atoms with Gasteiger partial charge in [-0.05, 0) is 42.8 Å². The van der Waals surface area contributed by atoms with E-state index in [9.17, 15) is 4.79 Å². The highest BCUT2D eigenvalue weighted by atomic mass is 16.5. The van der Waals surface area contributed by atoms with Crippen LogP contribution >= 0.6 is 0 Å². The summed E-state index contributed by atoms with van der Waals surface area (Å²) >= 11 is 0. The van der Waals surface area contributed by atoms with Crippen LogP contribution in [0.2, 0.25) is 0 Å². The Kier molecular flexibility index (Phi) is 3.87. The second-order valence-corrected chi connectivity index (χ2v) is 6.66. The predicted octanol–water partition coefficient (Wildman–Crippen LogP) is 3.41. The minimum atomic E-state index is -0.185. The van der Waals surface area contributed by atoms with Crippen molar-refractivity contribution in [2.45, 2.75) is 6.92 Å². The normalized spacial score (nSPS) is 11.2. The molecule has 0 spiro atoms. The van der Waals surface area contributed by atoms with Crippen LogP contribution in [0, 0.1) is 6.92 Å². The molecule has 0 aliphatic rings. The minimum absolute atomic E-state index is 0.185. The first kappa shape index (κ1) is 17.1. The predicted molar refractivity (Wildman–Crippen MR) is 111 cm³/mol. The van der Waals surface area contributed by atoms with Gasteiger partial charge in [-0.25, -0.2) is 14.5 Å². The van der Waals surface area contributed by atoms with E-state index in [1.807, 2.05) is 49.4 Å². The summed E-state index contributed by atoms with van der Waals surface area (Å²) in [5.74, 6) is 1.35. The van der Waals surface area contributed by atoms with Crippen LogP contribution in [0.25, 0.3) is 33.5 Å². The Morgan fingerprint density at radius 3 is 2.55 bits per heavy atom. The molecule has 0 aliphatic carbocycles. The van der Waals surface area contributed by atoms with Crippen molar-refractivity contribution in [1.82, 2.24) is 24.1 Å². The Balaban J connectivity index is 1.74. The van der Waals surface area contributed by atoms with E-state index in [-0.39, 0.29) is 5.56 Å². The minimum Gasteiger partial charge on any atom is -0.497 e. The Labute approximate surface area is 165 Å². The van der Waals surface area contributed by atoms with Crippen molar-refractivity contribution in [3.05, 3.63) is 83.2 Å². The summed E-state index contributed by atoms with van der Waals surface area (Å²) in [5.41, 5.74) is 3.99. The van der Waals surface area contributed by atoms with Crippen molar-refractivity contribution in [2.24, 2.45) is 0 Å². The highest BCUT2D eigenvalue weighted by Crippen LogP contribution is 2.29. The van der Waals surface area contributed by atoms with Crippen molar-refractivity contribution in [2.75, 3.05) is 7.11 Å². The number of hydrogen-bond donors (Lipinski definition) is 0. The first-order valence-electron chi connectivity index (χ1n) is 9.13. The molecular weight excluding hydrogens is 366 g/mol. The van der Waals surface area contributed by atoms with Crippen molar-refractivity contribution < 1.29 is 4.74 Å². The Hall–Kier alpha value is -4.00. The maximum Gasteiger partial charge on any atom is 0.267 e. The quantitative estimate of drug-likeness (QED) is 0.477. The van der Waals surface area contributed by atoms with Crippen LogP contribution in [0.5, 0.6) is 5.75 Å². The largest absolute Gasteiger partial charge is 0.497 e. The number of rotatable bonds is 3. The van der Waals surface area contributed by atoms with Gasteiger partial charge in [-0.2, -0.15) is 5.10 Å². The zero-order valence-corrected chi connectivity index (χ0v) is 15.9. The number of aryl methyl sites for hydroxylation is 1. The van der Waals surface area contributed by atoms with Gasteiger partial charge >= 0.3 is 0 Å². The topological polar surface area (TPSA) is 74.3 Å². The van der Waals surface area contributed by atoms with E-state index in [0.29, 0.717) is 22.4 Å². The number of hydrogen-bond acceptors (Lipinski definition) is 5. The maximum absolute atomic E-state index is 13.0. The average molecular weight is 383 g/mol. The molecule has 4 aromatic heterocycles. The van der Waals surface area contributed by atoms with Crippen molar-refractivity contribution in [3.63, 3.8) is 0 Å². The lowest BCUT2D eigenvalue weighted by Gasteiger charge is -2.07. The van der Waals surface area contributed by atoms with E-state index >= 15 is 0 Å². The lowest BCUT2D eigenvalue weighted by Crippen LogP contribution is -2.19. The molecule has 0 atom stereocenters. The molecule has 7 heteroatoms. The van der Waals surface area contributed by atoms with Gasteiger partial charge in [0.25, 0.3) is 5.56 Å². The van der Waals surface area contributed by atoms with E-state index in [4.69, 9.17) is 4.74 Å². The number of benzene rings is 1. The monoisotopic (exact) mass is 383 g/mol. The first-order valence-corrected chi connectivity index (χ1v) is 9.13. The molecule has 0 amide bonds. The molecule has 0 aliphatic heterocycles. The zero-order chi connectivity index (χ0) is 20.0. The van der Waals surface area contributed by atoms with Crippen LogP contribution in [0.3, 0.4) is 0 Å². The Morgan fingerprint density at radius 1 is 1.00 bits per heavy atom. The molecule has 0 saturated carbocycles. The molecule has 0 unspecified atom stereocenters. The maximum atomic E-state index is 13.0. The highest BCUT2D eigenvalue weighted by molar-refractivity contribution is 5.86. The van der Waals surface area contributed by atoms with Gasteiger partial charge in [0.15, 0.2) is 5.65 Å². The smallest absolute Gasteiger partial charge is 0.267 e. The molecule has 0 fully saturated rings. The van der Waals surface area contributed by atoms with Gasteiger partial charge in [0.1, 0.15) is 11.6 Å². The number of nitrogens with zero attached hydrogens (tertiary/aromatic N) is 5. The number of ether oxygens (including phenoxy) is 1. The van der Waals surface area contributed by atoms with Gasteiger partial charge in [0.2, 0.25) is 0 Å². The van der Waals surface area contributed by atoms with Gasteiger partial charge in [0.05, 0.1) is 23.7 Å². The average Bonchev–Trinajstić information content (AvgIpc) is 3.11. The third-order valence-corrected chi connectivity index (χ3v) is 4.96. The van der Waals surface area contributed by atoms with E-state index < -0.39 is 0 Å². The Morgan fingerprint density at radius 2 is 1.83 bits per heavy atom. The van der Waals surface area contributed by atoms with E-state index in [1.165, 1.54) is 4.57 Å². The summed E-state index contributed by atoms with van der Waals surface area (Å²) in [6.07, 6.45) is 4.99. The second kappa shape index (κ2) is 6.56. The summed E-state index contributed by atoms with van der Waals surface area (Å²) < 4.78 is 8.49. The second-order valence-electron chi connectivity index (χ2n) is 6.66. The molecule has 0 bridgehead atoms. The number of methoxy groups -OCH3 is 1. The lowest BCUT2D eigenvalue weighted by molar-refractivity contribution is 0.415. The van der Waals surface area contributed by atoms with Crippen molar-refractivity contribution >= 4 is 16.6 Å².